The first-order valence-electron chi connectivity index (χ1n) is 9.23. The third-order valence-electron chi connectivity index (χ3n) is 3.58. The number of rotatable bonds is 5. The lowest BCUT2D eigenvalue weighted by Crippen LogP contribution is -1.98. The Bertz CT molecular complexity index is 1180. The van der Waals surface area contributed by atoms with Crippen molar-refractivity contribution in [3.8, 4) is 10.6 Å². The summed E-state index contributed by atoms with van der Waals surface area (Å²) in [5.41, 5.74) is 21.9. The summed E-state index contributed by atoms with van der Waals surface area (Å²) >= 11 is 3.13. The molecule has 1 atom stereocenters. The molecule has 3 heterocycles. The van der Waals surface area contributed by atoms with Crippen LogP contribution in [-0.2, 0) is 10.8 Å². The second kappa shape index (κ2) is 14.8. The maximum atomic E-state index is 12.3. The number of nitrogens with zero attached hydrogens (tertiary/aromatic N) is 1. The van der Waals surface area contributed by atoms with Crippen LogP contribution < -0.4 is 5.73 Å². The van der Waals surface area contributed by atoms with Crippen LogP contribution in [0.15, 0.2) is 94.6 Å². The smallest absolute Gasteiger partial charge is 0.127 e. The van der Waals surface area contributed by atoms with Crippen LogP contribution in [0.5, 0.6) is 0 Å². The van der Waals surface area contributed by atoms with Crippen molar-refractivity contribution < 1.29 is 4.21 Å². The van der Waals surface area contributed by atoms with E-state index >= 15 is 0 Å². The third kappa shape index (κ3) is 8.28. The van der Waals surface area contributed by atoms with Gasteiger partial charge in [0.2, 0.25) is 0 Å². The Morgan fingerprint density at radius 3 is 2.19 bits per heavy atom. The van der Waals surface area contributed by atoms with Gasteiger partial charge >= 0.3 is 0 Å². The van der Waals surface area contributed by atoms with Gasteiger partial charge in [-0.2, -0.15) is 0 Å². The minimum atomic E-state index is -1.01. The molecule has 0 spiro atoms. The van der Waals surface area contributed by atoms with Crippen molar-refractivity contribution in [2.75, 3.05) is 11.5 Å². The van der Waals surface area contributed by atoms with Crippen LogP contribution in [-0.4, -0.2) is 14.9 Å². The standard InChI is InChI=1S/C15H16N2OS3.2C5H4/c1-2-3-9-21(18)15-13(16)10-6-7-11(17-14(10)20-15)12-5-4-8-19-12;2*1-3-5-4-2/h4-8H,2-3,9,16H2,1H3;2*1-2H2. The summed E-state index contributed by atoms with van der Waals surface area (Å²) in [6.07, 6.45) is 1.99. The zero-order valence-corrected chi connectivity index (χ0v) is 19.9. The fraction of sp³-hybridized carbons (Fsp3) is 0.160. The van der Waals surface area contributed by atoms with E-state index in [-0.39, 0.29) is 0 Å². The summed E-state index contributed by atoms with van der Waals surface area (Å²) in [4.78, 5) is 6.69. The Balaban J connectivity index is 0.000000404. The number of fused-ring (bicyclic) bond motifs is 1. The normalized spacial score (nSPS) is 9.71. The van der Waals surface area contributed by atoms with Gasteiger partial charge in [-0.1, -0.05) is 42.3 Å². The minimum absolute atomic E-state index is 0.634. The molecule has 0 bridgehead atoms. The minimum Gasteiger partial charge on any atom is -0.397 e. The average molecular weight is 465 g/mol. The first-order valence-corrected chi connectivity index (χ1v) is 12.2. The van der Waals surface area contributed by atoms with Gasteiger partial charge in [0.05, 0.1) is 27.1 Å². The molecule has 1 unspecified atom stereocenters. The fourth-order valence-corrected chi connectivity index (χ4v) is 5.67. The summed E-state index contributed by atoms with van der Waals surface area (Å²) in [6, 6.07) is 8.04. The highest BCUT2D eigenvalue weighted by atomic mass is 32.2. The first-order chi connectivity index (χ1) is 15.0. The Kier molecular flexibility index (Phi) is 12.4. The van der Waals surface area contributed by atoms with E-state index in [1.54, 1.807) is 11.3 Å². The van der Waals surface area contributed by atoms with Gasteiger partial charge in [-0.25, -0.2) is 4.98 Å². The summed E-state index contributed by atoms with van der Waals surface area (Å²) in [5, 5.41) is 2.95. The van der Waals surface area contributed by atoms with Gasteiger partial charge in [-0.15, -0.1) is 22.7 Å². The van der Waals surface area contributed by atoms with Crippen LogP contribution in [0.1, 0.15) is 19.8 Å². The highest BCUT2D eigenvalue weighted by molar-refractivity contribution is 7.87. The number of pyridine rings is 1. The SMILES string of the molecule is C=C=C=C=C.C=C=C=C=C.CCCCS(=O)c1sc2nc(-c3cccs3)ccc2c1N. The van der Waals surface area contributed by atoms with Crippen molar-refractivity contribution in [2.24, 2.45) is 0 Å². The molecule has 2 N–H and O–H groups in total. The Labute approximate surface area is 194 Å². The molecule has 0 aliphatic rings. The predicted octanol–water partition coefficient (Wildman–Crippen LogP) is 7.05. The predicted molar refractivity (Wildman–Crippen MR) is 137 cm³/mol. The van der Waals surface area contributed by atoms with Crippen LogP contribution in [0.3, 0.4) is 0 Å². The number of unbranched alkanes of at least 4 members (excludes halogenated alkanes) is 1. The molecule has 158 valence electrons. The van der Waals surface area contributed by atoms with Crippen molar-refractivity contribution in [1.82, 2.24) is 4.98 Å². The Morgan fingerprint density at radius 1 is 1.06 bits per heavy atom. The molecular formula is C25H24N2OS3. The lowest BCUT2D eigenvalue weighted by molar-refractivity contribution is 0.681. The topological polar surface area (TPSA) is 56.0 Å². The van der Waals surface area contributed by atoms with Crippen LogP contribution in [0.25, 0.3) is 20.8 Å². The fourth-order valence-electron chi connectivity index (χ4n) is 2.20. The number of thiophene rings is 2. The summed E-state index contributed by atoms with van der Waals surface area (Å²) < 4.78 is 13.1. The van der Waals surface area contributed by atoms with Gasteiger partial charge < -0.3 is 5.73 Å². The van der Waals surface area contributed by atoms with Crippen molar-refractivity contribution in [3.63, 3.8) is 0 Å². The van der Waals surface area contributed by atoms with Crippen LogP contribution >= 0.6 is 22.7 Å². The van der Waals surface area contributed by atoms with Gasteiger partial charge in [0.15, 0.2) is 0 Å². The zero-order chi connectivity index (χ0) is 23.1. The lowest BCUT2D eigenvalue weighted by atomic mass is 10.2. The molecule has 3 nitrogen and oxygen atoms in total. The van der Waals surface area contributed by atoms with Crippen molar-refractivity contribution in [2.45, 2.75) is 24.0 Å². The highest BCUT2D eigenvalue weighted by Crippen LogP contribution is 2.37. The average Bonchev–Trinajstić information content (AvgIpc) is 3.42. The largest absolute Gasteiger partial charge is 0.397 e. The number of anilines is 1. The summed E-state index contributed by atoms with van der Waals surface area (Å²) in [6.45, 7) is 14.9. The molecule has 3 aromatic heterocycles. The molecule has 0 saturated heterocycles. The van der Waals surface area contributed by atoms with Crippen molar-refractivity contribution >= 4 is 49.4 Å². The molecule has 0 aliphatic heterocycles. The van der Waals surface area contributed by atoms with Gasteiger partial charge in [0, 0.05) is 11.1 Å². The molecule has 0 amide bonds. The number of hydrogen-bond donors (Lipinski definition) is 1. The van der Waals surface area contributed by atoms with E-state index in [1.165, 1.54) is 11.3 Å². The molecule has 3 rings (SSSR count). The van der Waals surface area contributed by atoms with E-state index in [0.29, 0.717) is 11.4 Å². The Morgan fingerprint density at radius 2 is 1.71 bits per heavy atom. The zero-order valence-electron chi connectivity index (χ0n) is 17.5. The van der Waals surface area contributed by atoms with Gasteiger partial charge in [0.25, 0.3) is 0 Å². The van der Waals surface area contributed by atoms with E-state index in [2.05, 4.69) is 78.7 Å². The summed E-state index contributed by atoms with van der Waals surface area (Å²) in [7, 11) is -1.01. The number of nitrogen functional groups attached to an aromatic ring is 1. The van der Waals surface area contributed by atoms with Crippen LogP contribution in [0.2, 0.25) is 0 Å². The molecule has 0 saturated carbocycles. The second-order valence-corrected chi connectivity index (χ2v) is 9.40. The number of hydrogen-bond acceptors (Lipinski definition) is 5. The molecule has 0 aromatic carbocycles. The molecule has 0 aliphatic carbocycles. The Hall–Kier alpha value is -3.08. The third-order valence-corrected chi connectivity index (χ3v) is 7.48. The van der Waals surface area contributed by atoms with Crippen LogP contribution in [0.4, 0.5) is 5.69 Å². The molecule has 3 aromatic rings. The molecule has 6 heteroatoms. The van der Waals surface area contributed by atoms with Gasteiger partial charge in [-0.3, -0.25) is 4.21 Å². The second-order valence-electron chi connectivity index (χ2n) is 5.69. The number of aromatic nitrogens is 1. The van der Waals surface area contributed by atoms with E-state index < -0.39 is 10.8 Å². The molecule has 0 radical (unpaired) electrons. The van der Waals surface area contributed by atoms with E-state index in [1.807, 2.05) is 23.6 Å². The maximum absolute atomic E-state index is 12.3. The quantitative estimate of drug-likeness (QED) is 0.412. The lowest BCUT2D eigenvalue weighted by Gasteiger charge is -1.99. The van der Waals surface area contributed by atoms with Gasteiger partial charge in [0.1, 0.15) is 9.04 Å². The monoisotopic (exact) mass is 464 g/mol. The number of nitrogens with two attached hydrogens (primary N) is 1. The molecule has 31 heavy (non-hydrogen) atoms. The molecular weight excluding hydrogens is 440 g/mol. The van der Waals surface area contributed by atoms with E-state index in [4.69, 9.17) is 5.73 Å². The van der Waals surface area contributed by atoms with Crippen LogP contribution in [0, 0.1) is 0 Å². The highest BCUT2D eigenvalue weighted by Gasteiger charge is 2.16. The van der Waals surface area contributed by atoms with E-state index in [9.17, 15) is 4.21 Å². The maximum Gasteiger partial charge on any atom is 0.127 e. The van der Waals surface area contributed by atoms with Crippen molar-refractivity contribution in [3.05, 3.63) is 90.3 Å². The van der Waals surface area contributed by atoms with E-state index in [0.717, 1.165) is 37.8 Å². The first kappa shape index (κ1) is 26.0. The van der Waals surface area contributed by atoms with Crippen molar-refractivity contribution in [1.29, 1.82) is 0 Å². The molecule has 0 fully saturated rings. The summed E-state index contributed by atoms with van der Waals surface area (Å²) in [5.74, 6) is 0.672. The van der Waals surface area contributed by atoms with Gasteiger partial charge in [-0.05, 0) is 67.8 Å².